The minimum Gasteiger partial charge on any atom is -0.493 e. The summed E-state index contributed by atoms with van der Waals surface area (Å²) in [4.78, 5) is 11.1. The number of rotatable bonds is 5. The molecule has 0 bridgehead atoms. The topological polar surface area (TPSA) is 44.8 Å². The van der Waals surface area contributed by atoms with Gasteiger partial charge in [0.05, 0.1) is 14.2 Å². The Balaban J connectivity index is 3.10. The fourth-order valence-electron chi connectivity index (χ4n) is 1.76. The third-order valence-electron chi connectivity index (χ3n) is 2.69. The normalized spacial score (nSPS) is 10.1. The summed E-state index contributed by atoms with van der Waals surface area (Å²) in [7, 11) is 3.08. The van der Waals surface area contributed by atoms with Gasteiger partial charge in [0.15, 0.2) is 11.5 Å². The van der Waals surface area contributed by atoms with Gasteiger partial charge < -0.3 is 14.2 Å². The van der Waals surface area contributed by atoms with Crippen LogP contribution in [0, 0.1) is 24.7 Å². The van der Waals surface area contributed by atoms with Gasteiger partial charge in [0.25, 0.3) is 0 Å². The molecule has 0 atom stereocenters. The molecule has 0 aromatic heterocycles. The summed E-state index contributed by atoms with van der Waals surface area (Å²) in [5.74, 6) is 5.34. The zero-order valence-electron chi connectivity index (χ0n) is 11.7. The Labute approximate surface area is 119 Å². The standard InChI is InChI=1S/C16H16O4/c1-6-16(7-2,20-12(3)17)11-13-8-9-14(18-4)15(10-13)19-5/h1-2,8-10H,11H2,3-5H3. The molecule has 0 heterocycles. The van der Waals surface area contributed by atoms with Gasteiger partial charge >= 0.3 is 5.97 Å². The molecule has 0 aliphatic heterocycles. The average Bonchev–Trinajstić information content (AvgIpc) is 2.45. The molecule has 0 aliphatic rings. The summed E-state index contributed by atoms with van der Waals surface area (Å²) in [5.41, 5.74) is -0.620. The first-order chi connectivity index (χ1) is 9.50. The highest BCUT2D eigenvalue weighted by Crippen LogP contribution is 2.29. The van der Waals surface area contributed by atoms with Crippen molar-refractivity contribution in [2.45, 2.75) is 18.9 Å². The van der Waals surface area contributed by atoms with E-state index in [1.807, 2.05) is 0 Å². The van der Waals surface area contributed by atoms with E-state index in [4.69, 9.17) is 27.1 Å². The number of ether oxygens (including phenoxy) is 3. The second-order valence-electron chi connectivity index (χ2n) is 4.08. The van der Waals surface area contributed by atoms with Gasteiger partial charge in [-0.25, -0.2) is 0 Å². The third kappa shape index (κ3) is 3.46. The van der Waals surface area contributed by atoms with E-state index in [9.17, 15) is 4.79 Å². The Bertz CT molecular complexity index is 561. The van der Waals surface area contributed by atoms with Crippen LogP contribution in [0.5, 0.6) is 11.5 Å². The maximum atomic E-state index is 11.1. The second-order valence-corrected chi connectivity index (χ2v) is 4.08. The molecule has 1 rings (SSSR count). The van der Waals surface area contributed by atoms with E-state index in [2.05, 4.69) is 11.8 Å². The maximum absolute atomic E-state index is 11.1. The van der Waals surface area contributed by atoms with Crippen LogP contribution in [0.3, 0.4) is 0 Å². The fraction of sp³-hybridized carbons (Fsp3) is 0.312. The van der Waals surface area contributed by atoms with Gasteiger partial charge in [-0.15, -0.1) is 12.8 Å². The molecular weight excluding hydrogens is 256 g/mol. The van der Waals surface area contributed by atoms with Gasteiger partial charge in [-0.3, -0.25) is 4.79 Å². The van der Waals surface area contributed by atoms with Crippen molar-refractivity contribution < 1.29 is 19.0 Å². The van der Waals surface area contributed by atoms with E-state index < -0.39 is 11.6 Å². The van der Waals surface area contributed by atoms with Crippen molar-refractivity contribution in [3.63, 3.8) is 0 Å². The van der Waals surface area contributed by atoms with E-state index in [1.54, 1.807) is 25.3 Å². The van der Waals surface area contributed by atoms with Gasteiger partial charge in [-0.2, -0.15) is 0 Å². The number of carbonyl (C=O) groups is 1. The van der Waals surface area contributed by atoms with Crippen molar-refractivity contribution in [2.75, 3.05) is 14.2 Å². The smallest absolute Gasteiger partial charge is 0.304 e. The summed E-state index contributed by atoms with van der Waals surface area (Å²) in [6.45, 7) is 1.26. The molecule has 104 valence electrons. The summed E-state index contributed by atoms with van der Waals surface area (Å²) < 4.78 is 15.4. The fourth-order valence-corrected chi connectivity index (χ4v) is 1.76. The van der Waals surface area contributed by atoms with Gasteiger partial charge in [-0.1, -0.05) is 6.07 Å². The Kier molecular flexibility index (Phi) is 5.06. The van der Waals surface area contributed by atoms with Crippen molar-refractivity contribution in [3.8, 4) is 36.2 Å². The number of terminal acetylenes is 2. The van der Waals surface area contributed by atoms with E-state index in [0.29, 0.717) is 11.5 Å². The summed E-state index contributed by atoms with van der Waals surface area (Å²) in [6.07, 6.45) is 11.0. The van der Waals surface area contributed by atoms with Crippen LogP contribution >= 0.6 is 0 Å². The maximum Gasteiger partial charge on any atom is 0.304 e. The Hall–Kier alpha value is -2.59. The molecule has 0 radical (unpaired) electrons. The van der Waals surface area contributed by atoms with E-state index in [0.717, 1.165) is 5.56 Å². The van der Waals surface area contributed by atoms with Crippen LogP contribution in [0.25, 0.3) is 0 Å². The number of hydrogen-bond donors (Lipinski definition) is 0. The quantitative estimate of drug-likeness (QED) is 0.606. The summed E-state index contributed by atoms with van der Waals surface area (Å²) in [5, 5.41) is 0. The largest absolute Gasteiger partial charge is 0.493 e. The van der Waals surface area contributed by atoms with Crippen molar-refractivity contribution in [3.05, 3.63) is 23.8 Å². The van der Waals surface area contributed by atoms with Crippen molar-refractivity contribution in [2.24, 2.45) is 0 Å². The molecule has 4 heteroatoms. The van der Waals surface area contributed by atoms with Crippen molar-refractivity contribution in [1.29, 1.82) is 0 Å². The minimum absolute atomic E-state index is 0.194. The lowest BCUT2D eigenvalue weighted by Crippen LogP contribution is -2.33. The van der Waals surface area contributed by atoms with Gasteiger partial charge in [0.1, 0.15) is 0 Å². The van der Waals surface area contributed by atoms with Gasteiger partial charge in [0, 0.05) is 13.3 Å². The number of benzene rings is 1. The Morgan fingerprint density at radius 1 is 1.20 bits per heavy atom. The monoisotopic (exact) mass is 272 g/mol. The molecule has 0 aliphatic carbocycles. The first-order valence-corrected chi connectivity index (χ1v) is 5.86. The molecule has 1 aromatic carbocycles. The minimum atomic E-state index is -1.40. The highest BCUT2D eigenvalue weighted by atomic mass is 16.6. The predicted octanol–water partition coefficient (Wildman–Crippen LogP) is 1.81. The van der Waals surface area contributed by atoms with Crippen LogP contribution in [0.2, 0.25) is 0 Å². The first-order valence-electron chi connectivity index (χ1n) is 5.86. The Morgan fingerprint density at radius 2 is 1.80 bits per heavy atom. The number of methoxy groups -OCH3 is 2. The lowest BCUT2D eigenvalue weighted by atomic mass is 9.95. The second kappa shape index (κ2) is 6.54. The predicted molar refractivity (Wildman–Crippen MR) is 75.4 cm³/mol. The third-order valence-corrected chi connectivity index (χ3v) is 2.69. The SMILES string of the molecule is C#CC(C#C)(Cc1ccc(OC)c(OC)c1)OC(C)=O. The number of carbonyl (C=O) groups excluding carboxylic acids is 1. The molecule has 0 N–H and O–H groups in total. The van der Waals surface area contributed by atoms with Crippen LogP contribution in [0.4, 0.5) is 0 Å². The number of hydrogen-bond acceptors (Lipinski definition) is 4. The molecule has 0 unspecified atom stereocenters. The highest BCUT2D eigenvalue weighted by molar-refractivity contribution is 5.68. The zero-order valence-corrected chi connectivity index (χ0v) is 11.7. The summed E-state index contributed by atoms with van der Waals surface area (Å²) >= 11 is 0. The van der Waals surface area contributed by atoms with Crippen LogP contribution in [-0.4, -0.2) is 25.8 Å². The molecule has 0 spiro atoms. The van der Waals surface area contributed by atoms with Gasteiger partial charge in [-0.05, 0) is 29.5 Å². The molecular formula is C16H16O4. The van der Waals surface area contributed by atoms with Crippen LogP contribution in [-0.2, 0) is 16.0 Å². The van der Waals surface area contributed by atoms with Gasteiger partial charge in [0.2, 0.25) is 5.60 Å². The van der Waals surface area contributed by atoms with Crippen molar-refractivity contribution >= 4 is 5.97 Å². The molecule has 0 saturated carbocycles. The lowest BCUT2D eigenvalue weighted by Gasteiger charge is -2.22. The van der Waals surface area contributed by atoms with Crippen LogP contribution in [0.1, 0.15) is 12.5 Å². The van der Waals surface area contributed by atoms with E-state index in [-0.39, 0.29) is 6.42 Å². The molecule has 20 heavy (non-hydrogen) atoms. The lowest BCUT2D eigenvalue weighted by molar-refractivity contribution is -0.147. The molecule has 0 saturated heterocycles. The van der Waals surface area contributed by atoms with E-state index >= 15 is 0 Å². The summed E-state index contributed by atoms with van der Waals surface area (Å²) in [6, 6.07) is 5.26. The first kappa shape index (κ1) is 15.5. The molecule has 1 aromatic rings. The number of esters is 1. The van der Waals surface area contributed by atoms with Crippen molar-refractivity contribution in [1.82, 2.24) is 0 Å². The molecule has 0 fully saturated rings. The highest BCUT2D eigenvalue weighted by Gasteiger charge is 2.29. The zero-order chi connectivity index (χ0) is 15.2. The molecule has 4 nitrogen and oxygen atoms in total. The van der Waals surface area contributed by atoms with E-state index in [1.165, 1.54) is 14.0 Å². The van der Waals surface area contributed by atoms with Crippen LogP contribution < -0.4 is 9.47 Å². The Morgan fingerprint density at radius 3 is 2.25 bits per heavy atom. The molecule has 0 amide bonds. The van der Waals surface area contributed by atoms with Crippen LogP contribution in [0.15, 0.2) is 18.2 Å². The average molecular weight is 272 g/mol.